The van der Waals surface area contributed by atoms with E-state index in [2.05, 4.69) is 11.2 Å². The average molecular weight is 273 g/mol. The van der Waals surface area contributed by atoms with Crippen molar-refractivity contribution < 1.29 is 4.92 Å². The molecule has 0 bridgehead atoms. The first kappa shape index (κ1) is 13.6. The highest BCUT2D eigenvalue weighted by atomic mass is 35.5. The zero-order valence-corrected chi connectivity index (χ0v) is 10.8. The minimum absolute atomic E-state index is 0.160. The van der Waals surface area contributed by atoms with E-state index in [0.29, 0.717) is 5.69 Å². The molecule has 1 N–H and O–H groups in total. The molecule has 0 heterocycles. The largest absolute Gasteiger partial charge is 0.367 e. The van der Waals surface area contributed by atoms with Crippen LogP contribution in [-0.2, 0) is 0 Å². The molecule has 0 atom stereocenters. The third kappa shape index (κ3) is 3.26. The summed E-state index contributed by atoms with van der Waals surface area (Å²) in [6, 6.07) is 2.45. The predicted octanol–water partition coefficient (Wildman–Crippen LogP) is 3.73. The molecule has 0 aliphatic carbocycles. The van der Waals surface area contributed by atoms with Crippen LogP contribution in [0.1, 0.15) is 13.8 Å². The Morgan fingerprint density at radius 1 is 1.41 bits per heavy atom. The summed E-state index contributed by atoms with van der Waals surface area (Å²) in [5.41, 5.74) is -0.422. The number of halogens is 2. The van der Waals surface area contributed by atoms with E-state index in [1.54, 1.807) is 13.8 Å². The van der Waals surface area contributed by atoms with Crippen LogP contribution in [0.5, 0.6) is 0 Å². The summed E-state index contributed by atoms with van der Waals surface area (Å²) in [4.78, 5) is 10.0. The van der Waals surface area contributed by atoms with Crippen molar-refractivity contribution in [2.24, 2.45) is 0 Å². The zero-order chi connectivity index (χ0) is 13.2. The predicted molar refractivity (Wildman–Crippen MR) is 69.7 cm³/mol. The van der Waals surface area contributed by atoms with Gasteiger partial charge in [-0.1, -0.05) is 29.1 Å². The van der Waals surface area contributed by atoms with Gasteiger partial charge in [0.25, 0.3) is 5.69 Å². The first-order valence-electron chi connectivity index (χ1n) is 4.66. The average Bonchev–Trinajstić information content (AvgIpc) is 2.23. The summed E-state index contributed by atoms with van der Waals surface area (Å²) in [5, 5.41) is 13.9. The number of terminal acetylenes is 1. The maximum absolute atomic E-state index is 10.6. The van der Waals surface area contributed by atoms with Gasteiger partial charge in [-0.15, -0.1) is 6.42 Å². The van der Waals surface area contributed by atoms with Crippen LogP contribution in [0, 0.1) is 22.5 Å². The quantitative estimate of drug-likeness (QED) is 0.518. The molecule has 0 amide bonds. The van der Waals surface area contributed by atoms with E-state index in [1.165, 1.54) is 12.1 Å². The molecular formula is C11H10Cl2N2O2. The summed E-state index contributed by atoms with van der Waals surface area (Å²) < 4.78 is 0. The number of hydrogen-bond donors (Lipinski definition) is 1. The number of nitro groups is 1. The Morgan fingerprint density at radius 3 is 2.24 bits per heavy atom. The third-order valence-corrected chi connectivity index (χ3v) is 2.63. The normalized spacial score (nSPS) is 10.8. The number of nitrogens with zero attached hydrogens (tertiary/aromatic N) is 1. The standard InChI is InChI=1S/C11H10Cl2N2O2/c1-4-11(2,3)14-10-8(12)5-7(15(16)17)6-9(10)13/h1,5-6,14H,2-3H3. The molecule has 6 heteroatoms. The molecule has 0 aliphatic rings. The van der Waals surface area contributed by atoms with Gasteiger partial charge in [0, 0.05) is 12.1 Å². The van der Waals surface area contributed by atoms with E-state index in [-0.39, 0.29) is 15.7 Å². The molecule has 0 aliphatic heterocycles. The van der Waals surface area contributed by atoms with Crippen LogP contribution in [0.4, 0.5) is 11.4 Å². The molecule has 0 saturated heterocycles. The topological polar surface area (TPSA) is 55.2 Å². The number of nitrogens with one attached hydrogen (secondary N) is 1. The van der Waals surface area contributed by atoms with E-state index >= 15 is 0 Å². The first-order valence-corrected chi connectivity index (χ1v) is 5.42. The Balaban J connectivity index is 3.20. The minimum Gasteiger partial charge on any atom is -0.367 e. The number of nitro benzene ring substituents is 1. The second-order valence-electron chi connectivity index (χ2n) is 3.94. The molecule has 0 aromatic heterocycles. The van der Waals surface area contributed by atoms with Crippen molar-refractivity contribution in [2.45, 2.75) is 19.4 Å². The van der Waals surface area contributed by atoms with Gasteiger partial charge in [-0.2, -0.15) is 0 Å². The monoisotopic (exact) mass is 272 g/mol. The maximum atomic E-state index is 10.6. The molecule has 1 aromatic rings. The summed E-state index contributed by atoms with van der Waals surface area (Å²) in [7, 11) is 0. The van der Waals surface area contributed by atoms with Gasteiger partial charge in [-0.3, -0.25) is 10.1 Å². The van der Waals surface area contributed by atoms with Gasteiger partial charge in [-0.05, 0) is 13.8 Å². The lowest BCUT2D eigenvalue weighted by Gasteiger charge is -2.22. The molecule has 4 nitrogen and oxygen atoms in total. The first-order chi connectivity index (χ1) is 7.76. The summed E-state index contributed by atoms with van der Waals surface area (Å²) in [6.45, 7) is 3.53. The van der Waals surface area contributed by atoms with Gasteiger partial charge < -0.3 is 5.32 Å². The molecular weight excluding hydrogens is 263 g/mol. The second-order valence-corrected chi connectivity index (χ2v) is 4.75. The van der Waals surface area contributed by atoms with Gasteiger partial charge in [-0.25, -0.2) is 0 Å². The van der Waals surface area contributed by atoms with E-state index in [4.69, 9.17) is 29.6 Å². The molecule has 1 aromatic carbocycles. The molecule has 90 valence electrons. The van der Waals surface area contributed by atoms with E-state index in [9.17, 15) is 10.1 Å². The highest BCUT2D eigenvalue weighted by Crippen LogP contribution is 2.36. The van der Waals surface area contributed by atoms with Gasteiger partial charge in [0.2, 0.25) is 0 Å². The van der Waals surface area contributed by atoms with Gasteiger partial charge in [0.1, 0.15) is 0 Å². The van der Waals surface area contributed by atoms with Crippen molar-refractivity contribution >= 4 is 34.6 Å². The molecule has 0 unspecified atom stereocenters. The van der Waals surface area contributed by atoms with Crippen molar-refractivity contribution in [3.8, 4) is 12.3 Å². The van der Waals surface area contributed by atoms with E-state index in [0.717, 1.165) is 0 Å². The Kier molecular flexibility index (Phi) is 3.87. The van der Waals surface area contributed by atoms with Crippen LogP contribution in [-0.4, -0.2) is 10.5 Å². The Morgan fingerprint density at radius 2 is 1.88 bits per heavy atom. The minimum atomic E-state index is -0.649. The molecule has 1 rings (SSSR count). The van der Waals surface area contributed by atoms with Gasteiger partial charge >= 0.3 is 0 Å². The zero-order valence-electron chi connectivity index (χ0n) is 9.25. The number of anilines is 1. The maximum Gasteiger partial charge on any atom is 0.272 e. The van der Waals surface area contributed by atoms with Crippen LogP contribution < -0.4 is 5.32 Å². The smallest absolute Gasteiger partial charge is 0.272 e. The Bertz CT molecular complexity index is 484. The van der Waals surface area contributed by atoms with Crippen molar-refractivity contribution in [3.63, 3.8) is 0 Å². The van der Waals surface area contributed by atoms with Crippen LogP contribution in [0.25, 0.3) is 0 Å². The SMILES string of the molecule is C#CC(C)(C)Nc1c(Cl)cc([N+](=O)[O-])cc1Cl. The number of benzene rings is 1. The van der Waals surface area contributed by atoms with E-state index < -0.39 is 10.5 Å². The highest BCUT2D eigenvalue weighted by Gasteiger charge is 2.20. The lowest BCUT2D eigenvalue weighted by Crippen LogP contribution is -2.28. The summed E-state index contributed by atoms with van der Waals surface area (Å²) >= 11 is 11.8. The molecule has 0 radical (unpaired) electrons. The van der Waals surface area contributed by atoms with Crippen LogP contribution >= 0.6 is 23.2 Å². The van der Waals surface area contributed by atoms with Crippen molar-refractivity contribution in [1.29, 1.82) is 0 Å². The Labute approximate surface area is 109 Å². The van der Waals surface area contributed by atoms with Crippen molar-refractivity contribution in [3.05, 3.63) is 32.3 Å². The van der Waals surface area contributed by atoms with Crippen molar-refractivity contribution in [1.82, 2.24) is 0 Å². The fourth-order valence-electron chi connectivity index (χ4n) is 1.13. The second kappa shape index (κ2) is 4.82. The summed E-state index contributed by atoms with van der Waals surface area (Å²) in [5.74, 6) is 2.52. The van der Waals surface area contributed by atoms with Crippen LogP contribution in [0.2, 0.25) is 10.0 Å². The molecule has 0 spiro atoms. The number of hydrogen-bond acceptors (Lipinski definition) is 3. The third-order valence-electron chi connectivity index (χ3n) is 2.04. The molecule has 17 heavy (non-hydrogen) atoms. The van der Waals surface area contributed by atoms with Crippen LogP contribution in [0.15, 0.2) is 12.1 Å². The fraction of sp³-hybridized carbons (Fsp3) is 0.273. The highest BCUT2D eigenvalue weighted by molar-refractivity contribution is 6.39. The van der Waals surface area contributed by atoms with Gasteiger partial charge in [0.05, 0.1) is 26.2 Å². The van der Waals surface area contributed by atoms with Gasteiger partial charge in [0.15, 0.2) is 0 Å². The Hall–Kier alpha value is -1.44. The van der Waals surface area contributed by atoms with Crippen LogP contribution in [0.3, 0.4) is 0 Å². The molecule has 0 fully saturated rings. The van der Waals surface area contributed by atoms with E-state index in [1.807, 2.05) is 0 Å². The summed E-state index contributed by atoms with van der Waals surface area (Å²) in [6.07, 6.45) is 5.33. The lowest BCUT2D eigenvalue weighted by atomic mass is 10.1. The number of non-ortho nitro benzene ring substituents is 1. The lowest BCUT2D eigenvalue weighted by molar-refractivity contribution is -0.384. The number of rotatable bonds is 3. The van der Waals surface area contributed by atoms with Crippen molar-refractivity contribution in [2.75, 3.05) is 5.32 Å². The molecule has 0 saturated carbocycles. The fourth-order valence-corrected chi connectivity index (χ4v) is 1.70.